The first-order valence-corrected chi connectivity index (χ1v) is 8.39. The van der Waals surface area contributed by atoms with E-state index >= 15 is 0 Å². The summed E-state index contributed by atoms with van der Waals surface area (Å²) in [4.78, 5) is 16.6. The summed E-state index contributed by atoms with van der Waals surface area (Å²) in [6.07, 6.45) is 0.792. The second kappa shape index (κ2) is 5.62. The van der Waals surface area contributed by atoms with E-state index in [-0.39, 0.29) is 11.9 Å². The second-order valence-corrected chi connectivity index (χ2v) is 6.58. The molecule has 4 rings (SSSR count). The monoisotopic (exact) mass is 327 g/mol. The SMILES string of the molecule is COc1ccc2c(c1)CC(NC(=O)c1cc3ccsc3[nH]1)CN2. The van der Waals surface area contributed by atoms with Gasteiger partial charge in [0, 0.05) is 17.6 Å². The number of aromatic amines is 1. The summed E-state index contributed by atoms with van der Waals surface area (Å²) in [5.74, 6) is 0.772. The molecule has 0 fully saturated rings. The minimum atomic E-state index is -0.0634. The molecule has 2 aromatic heterocycles. The van der Waals surface area contributed by atoms with Gasteiger partial charge in [-0.25, -0.2) is 0 Å². The van der Waals surface area contributed by atoms with Crippen molar-refractivity contribution in [2.75, 3.05) is 19.0 Å². The number of carbonyl (C=O) groups is 1. The molecule has 5 nitrogen and oxygen atoms in total. The Morgan fingerprint density at radius 1 is 1.35 bits per heavy atom. The fourth-order valence-corrected chi connectivity index (χ4v) is 3.73. The topological polar surface area (TPSA) is 66.1 Å². The largest absolute Gasteiger partial charge is 0.497 e. The summed E-state index contributed by atoms with van der Waals surface area (Å²) in [6, 6.07) is 9.95. The van der Waals surface area contributed by atoms with Crippen LogP contribution in [0.1, 0.15) is 16.1 Å². The number of rotatable bonds is 3. The van der Waals surface area contributed by atoms with E-state index in [0.29, 0.717) is 5.69 Å². The predicted octanol–water partition coefficient (Wildman–Crippen LogP) is 3.00. The Hall–Kier alpha value is -2.47. The molecule has 0 saturated carbocycles. The Morgan fingerprint density at radius 3 is 3.09 bits per heavy atom. The van der Waals surface area contributed by atoms with Crippen molar-refractivity contribution >= 4 is 33.1 Å². The van der Waals surface area contributed by atoms with Crippen LogP contribution in [-0.4, -0.2) is 30.6 Å². The number of H-pyrrole nitrogens is 1. The third kappa shape index (κ3) is 2.66. The van der Waals surface area contributed by atoms with Crippen LogP contribution in [0.3, 0.4) is 0 Å². The average molecular weight is 327 g/mol. The Bertz CT molecular complexity index is 839. The van der Waals surface area contributed by atoms with Crippen LogP contribution in [0.4, 0.5) is 5.69 Å². The predicted molar refractivity (Wildman–Crippen MR) is 92.6 cm³/mol. The van der Waals surface area contributed by atoms with Crippen molar-refractivity contribution in [2.45, 2.75) is 12.5 Å². The van der Waals surface area contributed by atoms with Crippen molar-refractivity contribution in [1.29, 1.82) is 0 Å². The summed E-state index contributed by atoms with van der Waals surface area (Å²) >= 11 is 1.60. The molecule has 0 saturated heterocycles. The molecule has 23 heavy (non-hydrogen) atoms. The van der Waals surface area contributed by atoms with E-state index in [1.165, 1.54) is 0 Å². The van der Waals surface area contributed by atoms with Crippen molar-refractivity contribution in [3.63, 3.8) is 0 Å². The molecule has 3 aromatic rings. The molecular formula is C17H17N3O2S. The highest BCUT2D eigenvalue weighted by Gasteiger charge is 2.21. The van der Waals surface area contributed by atoms with Gasteiger partial charge in [0.25, 0.3) is 5.91 Å². The minimum Gasteiger partial charge on any atom is -0.497 e. The highest BCUT2D eigenvalue weighted by Crippen LogP contribution is 2.26. The lowest BCUT2D eigenvalue weighted by Crippen LogP contribution is -2.43. The zero-order chi connectivity index (χ0) is 15.8. The number of nitrogens with one attached hydrogen (secondary N) is 3. The van der Waals surface area contributed by atoms with Crippen LogP contribution in [0.2, 0.25) is 0 Å². The van der Waals surface area contributed by atoms with Crippen LogP contribution in [0.15, 0.2) is 35.7 Å². The zero-order valence-electron chi connectivity index (χ0n) is 12.7. The quantitative estimate of drug-likeness (QED) is 0.693. The van der Waals surface area contributed by atoms with Crippen molar-refractivity contribution in [3.05, 3.63) is 47.0 Å². The molecule has 0 aliphatic carbocycles. The maximum Gasteiger partial charge on any atom is 0.268 e. The smallest absolute Gasteiger partial charge is 0.268 e. The van der Waals surface area contributed by atoms with Crippen LogP contribution in [0.5, 0.6) is 5.75 Å². The Labute approximate surface area is 137 Å². The summed E-state index contributed by atoms with van der Waals surface area (Å²) in [5.41, 5.74) is 2.88. The fourth-order valence-electron chi connectivity index (χ4n) is 2.94. The van der Waals surface area contributed by atoms with Gasteiger partial charge in [0.05, 0.1) is 13.2 Å². The number of methoxy groups -OCH3 is 1. The van der Waals surface area contributed by atoms with E-state index < -0.39 is 0 Å². The Balaban J connectivity index is 1.48. The molecule has 0 bridgehead atoms. The van der Waals surface area contributed by atoms with E-state index in [9.17, 15) is 4.79 Å². The summed E-state index contributed by atoms with van der Waals surface area (Å²) in [5, 5.41) is 9.55. The fraction of sp³-hybridized carbons (Fsp3) is 0.235. The molecule has 1 aliphatic heterocycles. The summed E-state index contributed by atoms with van der Waals surface area (Å²) in [7, 11) is 1.66. The van der Waals surface area contributed by atoms with Gasteiger partial charge < -0.3 is 20.4 Å². The van der Waals surface area contributed by atoms with Crippen molar-refractivity contribution < 1.29 is 9.53 Å². The lowest BCUT2D eigenvalue weighted by molar-refractivity contribution is 0.0934. The van der Waals surface area contributed by atoms with Gasteiger partial charge in [0.2, 0.25) is 0 Å². The van der Waals surface area contributed by atoms with Gasteiger partial charge in [-0.05, 0) is 47.7 Å². The van der Waals surface area contributed by atoms with Gasteiger partial charge in [-0.1, -0.05) is 0 Å². The lowest BCUT2D eigenvalue weighted by atomic mass is 9.99. The molecule has 1 atom stereocenters. The number of aromatic nitrogens is 1. The first kappa shape index (κ1) is 14.1. The van der Waals surface area contributed by atoms with Crippen molar-refractivity contribution in [1.82, 2.24) is 10.3 Å². The number of benzene rings is 1. The summed E-state index contributed by atoms with van der Waals surface area (Å²) in [6.45, 7) is 0.722. The van der Waals surface area contributed by atoms with E-state index in [1.54, 1.807) is 18.4 Å². The van der Waals surface area contributed by atoms with Crippen LogP contribution in [-0.2, 0) is 6.42 Å². The van der Waals surface area contributed by atoms with Gasteiger partial charge in [0.15, 0.2) is 0 Å². The first-order chi connectivity index (χ1) is 11.2. The molecule has 118 valence electrons. The minimum absolute atomic E-state index is 0.0587. The molecule has 0 radical (unpaired) electrons. The van der Waals surface area contributed by atoms with E-state index in [4.69, 9.17) is 4.74 Å². The Kier molecular flexibility index (Phi) is 3.46. The number of anilines is 1. The molecular weight excluding hydrogens is 310 g/mol. The third-order valence-corrected chi connectivity index (χ3v) is 4.99. The van der Waals surface area contributed by atoms with E-state index in [0.717, 1.165) is 40.2 Å². The number of carbonyl (C=O) groups excluding carboxylic acids is 1. The molecule has 1 unspecified atom stereocenters. The molecule has 3 N–H and O–H groups in total. The number of hydrogen-bond donors (Lipinski definition) is 3. The van der Waals surface area contributed by atoms with E-state index in [2.05, 4.69) is 15.6 Å². The molecule has 0 spiro atoms. The van der Waals surface area contributed by atoms with Crippen molar-refractivity contribution in [3.8, 4) is 5.75 Å². The maximum absolute atomic E-state index is 12.4. The highest BCUT2D eigenvalue weighted by molar-refractivity contribution is 7.16. The van der Waals surface area contributed by atoms with Crippen LogP contribution >= 0.6 is 11.3 Å². The number of thiophene rings is 1. The maximum atomic E-state index is 12.4. The number of fused-ring (bicyclic) bond motifs is 2. The molecule has 3 heterocycles. The van der Waals surface area contributed by atoms with Crippen LogP contribution < -0.4 is 15.4 Å². The normalized spacial score (nSPS) is 16.7. The van der Waals surface area contributed by atoms with Crippen LogP contribution in [0.25, 0.3) is 10.2 Å². The molecule has 1 amide bonds. The third-order valence-electron chi connectivity index (χ3n) is 4.14. The highest BCUT2D eigenvalue weighted by atomic mass is 32.1. The molecule has 1 aromatic carbocycles. The number of hydrogen-bond acceptors (Lipinski definition) is 4. The molecule has 6 heteroatoms. The number of ether oxygens (including phenoxy) is 1. The van der Waals surface area contributed by atoms with E-state index in [1.807, 2.05) is 35.7 Å². The van der Waals surface area contributed by atoms with Gasteiger partial charge in [-0.2, -0.15) is 0 Å². The average Bonchev–Trinajstić information content (AvgIpc) is 3.15. The first-order valence-electron chi connectivity index (χ1n) is 7.51. The van der Waals surface area contributed by atoms with Crippen molar-refractivity contribution in [2.24, 2.45) is 0 Å². The Morgan fingerprint density at radius 2 is 2.26 bits per heavy atom. The number of amides is 1. The van der Waals surface area contributed by atoms with Gasteiger partial charge >= 0.3 is 0 Å². The standard InChI is InChI=1S/C17H17N3O2S/c1-22-13-2-3-14-11(7-13)6-12(9-18-14)19-16(21)15-8-10-4-5-23-17(10)20-15/h2-5,7-8,12,18,20H,6,9H2,1H3,(H,19,21). The molecule has 1 aliphatic rings. The van der Waals surface area contributed by atoms with Gasteiger partial charge in [-0.15, -0.1) is 11.3 Å². The second-order valence-electron chi connectivity index (χ2n) is 5.67. The van der Waals surface area contributed by atoms with Gasteiger partial charge in [-0.3, -0.25) is 4.79 Å². The zero-order valence-corrected chi connectivity index (χ0v) is 13.5. The lowest BCUT2D eigenvalue weighted by Gasteiger charge is -2.27. The van der Waals surface area contributed by atoms with Gasteiger partial charge in [0.1, 0.15) is 16.3 Å². The van der Waals surface area contributed by atoms with Crippen LogP contribution in [0, 0.1) is 0 Å². The summed E-state index contributed by atoms with van der Waals surface area (Å²) < 4.78 is 5.27.